The number of rotatable bonds is 1. The molecule has 3 rings (SSSR count). The normalized spacial score (nSPS) is 12.2. The molecule has 2 heterocycles. The largest absolute Gasteiger partial charge is 0.440 e. The van der Waals surface area contributed by atoms with Gasteiger partial charge >= 0.3 is 0 Å². The molecule has 3 heteroatoms. The lowest BCUT2D eigenvalue weighted by Gasteiger charge is -2.11. The van der Waals surface area contributed by atoms with Crippen LogP contribution in [0.2, 0.25) is 0 Å². The number of aryl methyl sites for hydroxylation is 1. The Labute approximate surface area is 112 Å². The van der Waals surface area contributed by atoms with E-state index in [2.05, 4.69) is 49.4 Å². The van der Waals surface area contributed by atoms with Crippen LogP contribution in [0.15, 0.2) is 41.1 Å². The number of benzene rings is 1. The van der Waals surface area contributed by atoms with Crippen molar-refractivity contribution < 1.29 is 4.42 Å². The first-order chi connectivity index (χ1) is 8.95. The minimum Gasteiger partial charge on any atom is -0.440 e. The molecule has 0 amide bonds. The van der Waals surface area contributed by atoms with Gasteiger partial charge in [0.15, 0.2) is 5.58 Å². The topological polar surface area (TPSA) is 31.0 Å². The number of aromatic nitrogens is 2. The lowest BCUT2D eigenvalue weighted by atomic mass is 9.97. The highest BCUT2D eigenvalue weighted by Gasteiger charge is 2.21. The van der Waals surface area contributed by atoms with Crippen molar-refractivity contribution >= 4 is 11.1 Å². The molecule has 0 aliphatic carbocycles. The standard InChI is InChI=1S/C16H18N2O/c1-11-9-12(18-7-5-6-8-18)10-13-14(11)19-15(17-13)16(2,3)4/h5-10H,1-4H3. The van der Waals surface area contributed by atoms with E-state index in [1.807, 2.05) is 24.5 Å². The fourth-order valence-corrected chi connectivity index (χ4v) is 2.16. The van der Waals surface area contributed by atoms with Crippen molar-refractivity contribution in [3.8, 4) is 5.69 Å². The fraction of sp³-hybridized carbons (Fsp3) is 0.312. The number of hydrogen-bond donors (Lipinski definition) is 0. The summed E-state index contributed by atoms with van der Waals surface area (Å²) in [5.41, 5.74) is 3.97. The van der Waals surface area contributed by atoms with Gasteiger partial charge in [-0.1, -0.05) is 20.8 Å². The first kappa shape index (κ1) is 12.0. The maximum absolute atomic E-state index is 5.92. The third kappa shape index (κ3) is 2.05. The van der Waals surface area contributed by atoms with Gasteiger partial charge in [-0.15, -0.1) is 0 Å². The molecule has 98 valence electrons. The average molecular weight is 254 g/mol. The Morgan fingerprint density at radius 3 is 2.42 bits per heavy atom. The Kier molecular flexibility index (Phi) is 2.52. The molecule has 0 radical (unpaired) electrons. The predicted molar refractivity (Wildman–Crippen MR) is 76.8 cm³/mol. The molecule has 0 unspecified atom stereocenters. The molecule has 0 saturated carbocycles. The zero-order chi connectivity index (χ0) is 13.6. The van der Waals surface area contributed by atoms with Gasteiger partial charge in [0.2, 0.25) is 5.89 Å². The van der Waals surface area contributed by atoms with E-state index in [1.54, 1.807) is 0 Å². The fourth-order valence-electron chi connectivity index (χ4n) is 2.16. The summed E-state index contributed by atoms with van der Waals surface area (Å²) in [6, 6.07) is 8.23. The highest BCUT2D eigenvalue weighted by molar-refractivity contribution is 5.79. The zero-order valence-corrected chi connectivity index (χ0v) is 11.8. The first-order valence-electron chi connectivity index (χ1n) is 6.50. The van der Waals surface area contributed by atoms with E-state index in [0.29, 0.717) is 0 Å². The van der Waals surface area contributed by atoms with Gasteiger partial charge in [0, 0.05) is 23.5 Å². The van der Waals surface area contributed by atoms with Crippen molar-refractivity contribution in [1.29, 1.82) is 0 Å². The van der Waals surface area contributed by atoms with Crippen LogP contribution < -0.4 is 0 Å². The van der Waals surface area contributed by atoms with Crippen LogP contribution in [0.5, 0.6) is 0 Å². The molecule has 19 heavy (non-hydrogen) atoms. The highest BCUT2D eigenvalue weighted by atomic mass is 16.3. The van der Waals surface area contributed by atoms with E-state index >= 15 is 0 Å². The molecule has 0 bridgehead atoms. The molecule has 0 saturated heterocycles. The Morgan fingerprint density at radius 1 is 1.11 bits per heavy atom. The maximum Gasteiger partial charge on any atom is 0.200 e. The van der Waals surface area contributed by atoms with Crippen LogP contribution in [0.3, 0.4) is 0 Å². The lowest BCUT2D eigenvalue weighted by molar-refractivity contribution is 0.410. The Balaban J connectivity index is 2.21. The third-order valence-electron chi connectivity index (χ3n) is 3.20. The summed E-state index contributed by atoms with van der Waals surface area (Å²) < 4.78 is 8.00. The molecule has 1 aromatic carbocycles. The van der Waals surface area contributed by atoms with Crippen LogP contribution in [0.4, 0.5) is 0 Å². The van der Waals surface area contributed by atoms with Gasteiger partial charge in [0.1, 0.15) is 5.52 Å². The van der Waals surface area contributed by atoms with Crippen molar-refractivity contribution in [2.24, 2.45) is 0 Å². The van der Waals surface area contributed by atoms with Crippen molar-refractivity contribution in [1.82, 2.24) is 9.55 Å². The van der Waals surface area contributed by atoms with Crippen molar-refractivity contribution in [3.63, 3.8) is 0 Å². The molecule has 0 fully saturated rings. The minimum atomic E-state index is -0.0704. The second-order valence-electron chi connectivity index (χ2n) is 5.97. The van der Waals surface area contributed by atoms with E-state index in [1.165, 1.54) is 0 Å². The van der Waals surface area contributed by atoms with Crippen LogP contribution in [0.25, 0.3) is 16.8 Å². The van der Waals surface area contributed by atoms with Gasteiger partial charge in [-0.05, 0) is 36.8 Å². The number of hydrogen-bond acceptors (Lipinski definition) is 2. The van der Waals surface area contributed by atoms with Gasteiger partial charge in [-0.2, -0.15) is 0 Å². The molecule has 0 atom stereocenters. The van der Waals surface area contributed by atoms with Crippen LogP contribution in [-0.4, -0.2) is 9.55 Å². The molecule has 3 nitrogen and oxygen atoms in total. The molecule has 0 spiro atoms. The summed E-state index contributed by atoms with van der Waals surface area (Å²) in [7, 11) is 0. The van der Waals surface area contributed by atoms with Gasteiger partial charge in [-0.3, -0.25) is 0 Å². The van der Waals surface area contributed by atoms with Crippen molar-refractivity contribution in [3.05, 3.63) is 48.1 Å². The summed E-state index contributed by atoms with van der Waals surface area (Å²) in [5.74, 6) is 0.787. The second kappa shape index (κ2) is 3.98. The molecule has 0 aliphatic rings. The van der Waals surface area contributed by atoms with E-state index in [9.17, 15) is 0 Å². The molecular weight excluding hydrogens is 236 g/mol. The molecule has 3 aromatic rings. The zero-order valence-electron chi connectivity index (χ0n) is 11.8. The minimum absolute atomic E-state index is 0.0704. The van der Waals surface area contributed by atoms with Gasteiger partial charge in [-0.25, -0.2) is 4.98 Å². The quantitative estimate of drug-likeness (QED) is 0.651. The van der Waals surface area contributed by atoms with Crippen LogP contribution in [0, 0.1) is 6.92 Å². The number of fused-ring (bicyclic) bond motifs is 1. The Hall–Kier alpha value is -2.03. The first-order valence-corrected chi connectivity index (χ1v) is 6.50. The van der Waals surface area contributed by atoms with Gasteiger partial charge in [0.05, 0.1) is 0 Å². The second-order valence-corrected chi connectivity index (χ2v) is 5.97. The SMILES string of the molecule is Cc1cc(-n2cccc2)cc2nc(C(C)(C)C)oc12. The molecule has 0 N–H and O–H groups in total. The summed E-state index contributed by atoms with van der Waals surface area (Å²) in [5, 5.41) is 0. The van der Waals surface area contributed by atoms with Gasteiger partial charge < -0.3 is 8.98 Å². The molecular formula is C16H18N2O. The van der Waals surface area contributed by atoms with Crippen LogP contribution in [0.1, 0.15) is 32.2 Å². The third-order valence-corrected chi connectivity index (χ3v) is 3.20. The summed E-state index contributed by atoms with van der Waals surface area (Å²) in [6.45, 7) is 8.40. The molecule has 0 aliphatic heterocycles. The summed E-state index contributed by atoms with van der Waals surface area (Å²) in [6.07, 6.45) is 4.07. The summed E-state index contributed by atoms with van der Waals surface area (Å²) in [4.78, 5) is 4.64. The monoisotopic (exact) mass is 254 g/mol. The van der Waals surface area contributed by atoms with E-state index in [0.717, 1.165) is 28.2 Å². The lowest BCUT2D eigenvalue weighted by Crippen LogP contribution is -2.10. The van der Waals surface area contributed by atoms with Crippen LogP contribution >= 0.6 is 0 Å². The van der Waals surface area contributed by atoms with E-state index in [4.69, 9.17) is 4.42 Å². The van der Waals surface area contributed by atoms with Crippen molar-refractivity contribution in [2.75, 3.05) is 0 Å². The van der Waals surface area contributed by atoms with E-state index < -0.39 is 0 Å². The Bertz CT molecular complexity index is 715. The molecule has 2 aromatic heterocycles. The van der Waals surface area contributed by atoms with Crippen LogP contribution in [-0.2, 0) is 5.41 Å². The van der Waals surface area contributed by atoms with E-state index in [-0.39, 0.29) is 5.41 Å². The van der Waals surface area contributed by atoms with Crippen molar-refractivity contribution in [2.45, 2.75) is 33.1 Å². The number of nitrogens with zero attached hydrogens (tertiary/aromatic N) is 2. The average Bonchev–Trinajstić information content (AvgIpc) is 2.96. The van der Waals surface area contributed by atoms with Gasteiger partial charge in [0.25, 0.3) is 0 Å². The predicted octanol–water partition coefficient (Wildman–Crippen LogP) is 4.22. The highest BCUT2D eigenvalue weighted by Crippen LogP contribution is 2.29. The smallest absolute Gasteiger partial charge is 0.200 e. The summed E-state index contributed by atoms with van der Waals surface area (Å²) >= 11 is 0. The Morgan fingerprint density at radius 2 is 1.79 bits per heavy atom. The maximum atomic E-state index is 5.92. The number of oxazole rings is 1.